The highest BCUT2D eigenvalue weighted by Gasteiger charge is 2.37. The van der Waals surface area contributed by atoms with Gasteiger partial charge in [0.25, 0.3) is 11.8 Å². The Morgan fingerprint density at radius 2 is 1.58 bits per heavy atom. The number of carbonyl (C=O) groups excluding carboxylic acids is 3. The van der Waals surface area contributed by atoms with Crippen molar-refractivity contribution in [1.29, 1.82) is 0 Å². The first-order valence-electron chi connectivity index (χ1n) is 8.09. The van der Waals surface area contributed by atoms with E-state index < -0.39 is 17.9 Å². The fraction of sp³-hybridized carbons (Fsp3) is 0.150. The molecule has 1 aliphatic heterocycles. The molecule has 0 radical (unpaired) electrons. The second-order valence-electron chi connectivity index (χ2n) is 5.96. The molecule has 3 rings (SSSR count). The Labute approximate surface area is 156 Å². The summed E-state index contributed by atoms with van der Waals surface area (Å²) in [6.07, 6.45) is 2.59. The van der Waals surface area contributed by atoms with E-state index in [9.17, 15) is 14.4 Å². The van der Waals surface area contributed by atoms with Crippen molar-refractivity contribution in [1.82, 2.24) is 4.90 Å². The van der Waals surface area contributed by atoms with E-state index in [4.69, 9.17) is 11.6 Å². The third-order valence-electron chi connectivity index (χ3n) is 4.26. The van der Waals surface area contributed by atoms with Crippen LogP contribution in [0.1, 0.15) is 5.56 Å². The summed E-state index contributed by atoms with van der Waals surface area (Å²) in [5.74, 6) is -1.30. The molecule has 0 fully saturated rings. The molecule has 0 spiro atoms. The minimum Gasteiger partial charge on any atom is -0.314 e. The number of carbonyl (C=O) groups is 3. The number of hydrogen-bond acceptors (Lipinski definition) is 3. The van der Waals surface area contributed by atoms with E-state index in [1.807, 2.05) is 18.2 Å². The highest BCUT2D eigenvalue weighted by molar-refractivity contribution is 6.30. The zero-order valence-corrected chi connectivity index (χ0v) is 14.9. The zero-order valence-electron chi connectivity index (χ0n) is 14.1. The van der Waals surface area contributed by atoms with E-state index in [2.05, 4.69) is 0 Å². The quantitative estimate of drug-likeness (QED) is 0.762. The van der Waals surface area contributed by atoms with Crippen molar-refractivity contribution >= 4 is 35.0 Å². The molecule has 0 saturated carbocycles. The van der Waals surface area contributed by atoms with Crippen LogP contribution in [-0.4, -0.2) is 35.7 Å². The molecule has 2 aromatic rings. The van der Waals surface area contributed by atoms with Crippen LogP contribution in [-0.2, 0) is 20.8 Å². The molecule has 0 saturated heterocycles. The molecule has 6 heteroatoms. The number of benzene rings is 2. The molecule has 1 atom stereocenters. The molecule has 3 amide bonds. The first kappa shape index (κ1) is 17.9. The fourth-order valence-corrected chi connectivity index (χ4v) is 2.98. The van der Waals surface area contributed by atoms with Gasteiger partial charge in [-0.15, -0.1) is 0 Å². The van der Waals surface area contributed by atoms with E-state index in [0.29, 0.717) is 10.7 Å². The van der Waals surface area contributed by atoms with Gasteiger partial charge in [0.15, 0.2) is 0 Å². The molecule has 2 aromatic carbocycles. The highest BCUT2D eigenvalue weighted by atomic mass is 35.5. The number of nitrogens with zero attached hydrogens (tertiary/aromatic N) is 2. The van der Waals surface area contributed by atoms with Crippen molar-refractivity contribution < 1.29 is 14.4 Å². The van der Waals surface area contributed by atoms with E-state index >= 15 is 0 Å². The van der Waals surface area contributed by atoms with Crippen LogP contribution in [0.2, 0.25) is 5.02 Å². The molecular formula is C20H17ClN2O3. The molecule has 0 aromatic heterocycles. The number of amides is 3. The van der Waals surface area contributed by atoms with E-state index in [-0.39, 0.29) is 12.3 Å². The molecule has 1 heterocycles. The third kappa shape index (κ3) is 3.68. The van der Waals surface area contributed by atoms with Gasteiger partial charge < -0.3 is 4.90 Å². The lowest BCUT2D eigenvalue weighted by atomic mass is 10.0. The van der Waals surface area contributed by atoms with Crippen molar-refractivity contribution in [3.8, 4) is 0 Å². The predicted octanol–water partition coefficient (Wildman–Crippen LogP) is 2.84. The maximum Gasteiger partial charge on any atom is 0.254 e. The Morgan fingerprint density at radius 1 is 1.00 bits per heavy atom. The summed E-state index contributed by atoms with van der Waals surface area (Å²) in [5.41, 5.74) is 1.49. The summed E-state index contributed by atoms with van der Waals surface area (Å²) in [6.45, 7) is 0. The number of hydrogen-bond donors (Lipinski definition) is 0. The van der Waals surface area contributed by atoms with Crippen molar-refractivity contribution in [2.24, 2.45) is 0 Å². The van der Waals surface area contributed by atoms with Gasteiger partial charge in [-0.3, -0.25) is 19.3 Å². The summed E-state index contributed by atoms with van der Waals surface area (Å²) >= 11 is 5.91. The van der Waals surface area contributed by atoms with Crippen LogP contribution >= 0.6 is 11.6 Å². The SMILES string of the molecule is CN(C(=O)C(Cc1ccc(Cl)cc1)N1C(=O)C=CC1=O)c1ccccc1. The number of imide groups is 1. The first-order valence-corrected chi connectivity index (χ1v) is 8.47. The molecule has 0 bridgehead atoms. The third-order valence-corrected chi connectivity index (χ3v) is 4.51. The Balaban J connectivity index is 1.92. The standard InChI is InChI=1S/C20H17ClN2O3/c1-22(16-5-3-2-4-6-16)20(26)17(23-18(24)11-12-19(23)25)13-14-7-9-15(21)10-8-14/h2-12,17H,13H2,1H3. The average molecular weight is 369 g/mol. The Morgan fingerprint density at radius 3 is 2.15 bits per heavy atom. The average Bonchev–Trinajstić information content (AvgIpc) is 2.99. The van der Waals surface area contributed by atoms with Crippen molar-refractivity contribution in [3.63, 3.8) is 0 Å². The van der Waals surface area contributed by atoms with Gasteiger partial charge in [0.2, 0.25) is 5.91 Å². The number of halogens is 1. The van der Waals surface area contributed by atoms with Crippen molar-refractivity contribution in [2.75, 3.05) is 11.9 Å². The van der Waals surface area contributed by atoms with Crippen molar-refractivity contribution in [3.05, 3.63) is 77.3 Å². The molecule has 132 valence electrons. The molecule has 1 aliphatic rings. The first-order chi connectivity index (χ1) is 12.5. The molecule has 0 N–H and O–H groups in total. The summed E-state index contributed by atoms with van der Waals surface area (Å²) < 4.78 is 0. The lowest BCUT2D eigenvalue weighted by Gasteiger charge is -2.29. The normalized spacial score (nSPS) is 14.6. The predicted molar refractivity (Wildman–Crippen MR) is 99.8 cm³/mol. The van der Waals surface area contributed by atoms with Crippen LogP contribution in [0.3, 0.4) is 0 Å². The Hall–Kier alpha value is -2.92. The van der Waals surface area contributed by atoms with Crippen LogP contribution in [0.4, 0.5) is 5.69 Å². The second-order valence-corrected chi connectivity index (χ2v) is 6.40. The maximum absolute atomic E-state index is 13.1. The van der Waals surface area contributed by atoms with Gasteiger partial charge in [0, 0.05) is 36.3 Å². The summed E-state index contributed by atoms with van der Waals surface area (Å²) in [4.78, 5) is 39.9. The zero-order chi connectivity index (χ0) is 18.7. The van der Waals surface area contributed by atoms with Gasteiger partial charge in [0.1, 0.15) is 6.04 Å². The van der Waals surface area contributed by atoms with Crippen LogP contribution in [0.15, 0.2) is 66.7 Å². The number of rotatable bonds is 5. The monoisotopic (exact) mass is 368 g/mol. The van der Waals surface area contributed by atoms with Gasteiger partial charge in [-0.1, -0.05) is 41.9 Å². The summed E-state index contributed by atoms with van der Waals surface area (Å²) in [6, 6.07) is 15.1. The van der Waals surface area contributed by atoms with Crippen LogP contribution in [0.5, 0.6) is 0 Å². The van der Waals surface area contributed by atoms with Crippen LogP contribution in [0.25, 0.3) is 0 Å². The summed E-state index contributed by atoms with van der Waals surface area (Å²) in [5, 5.41) is 0.577. The molecule has 5 nitrogen and oxygen atoms in total. The van der Waals surface area contributed by atoms with E-state index in [1.54, 1.807) is 43.4 Å². The number of para-hydroxylation sites is 1. The lowest BCUT2D eigenvalue weighted by molar-refractivity contribution is -0.144. The lowest BCUT2D eigenvalue weighted by Crippen LogP contribution is -2.51. The van der Waals surface area contributed by atoms with E-state index in [0.717, 1.165) is 10.5 Å². The van der Waals surface area contributed by atoms with E-state index in [1.165, 1.54) is 17.1 Å². The van der Waals surface area contributed by atoms with Gasteiger partial charge in [-0.05, 0) is 29.8 Å². The fourth-order valence-electron chi connectivity index (χ4n) is 2.85. The maximum atomic E-state index is 13.1. The number of anilines is 1. The minimum absolute atomic E-state index is 0.215. The van der Waals surface area contributed by atoms with Crippen LogP contribution < -0.4 is 4.90 Å². The molecule has 26 heavy (non-hydrogen) atoms. The second kappa shape index (κ2) is 7.54. The smallest absolute Gasteiger partial charge is 0.254 e. The van der Waals surface area contributed by atoms with Crippen LogP contribution in [0, 0.1) is 0 Å². The Bertz CT molecular complexity index is 844. The summed E-state index contributed by atoms with van der Waals surface area (Å²) in [7, 11) is 1.63. The topological polar surface area (TPSA) is 57.7 Å². The highest BCUT2D eigenvalue weighted by Crippen LogP contribution is 2.21. The molecule has 1 unspecified atom stereocenters. The van der Waals surface area contributed by atoms with Gasteiger partial charge in [-0.2, -0.15) is 0 Å². The van der Waals surface area contributed by atoms with Gasteiger partial charge in [0.05, 0.1) is 0 Å². The number of likely N-dealkylation sites (N-methyl/N-ethyl adjacent to an activating group) is 1. The Kier molecular flexibility index (Phi) is 5.19. The largest absolute Gasteiger partial charge is 0.314 e. The van der Waals surface area contributed by atoms with Gasteiger partial charge >= 0.3 is 0 Å². The van der Waals surface area contributed by atoms with Crippen molar-refractivity contribution in [2.45, 2.75) is 12.5 Å². The van der Waals surface area contributed by atoms with Gasteiger partial charge in [-0.25, -0.2) is 0 Å². The molecule has 0 aliphatic carbocycles. The minimum atomic E-state index is -0.934. The molecular weight excluding hydrogens is 352 g/mol.